The second kappa shape index (κ2) is 9.04. The van der Waals surface area contributed by atoms with E-state index in [0.29, 0.717) is 37.2 Å². The van der Waals surface area contributed by atoms with Gasteiger partial charge in [-0.05, 0) is 36.5 Å². The molecule has 0 radical (unpaired) electrons. The Hall–Kier alpha value is -2.26. The maximum Gasteiger partial charge on any atom is 0.414 e. The van der Waals surface area contributed by atoms with Gasteiger partial charge in [0, 0.05) is 13.1 Å². The summed E-state index contributed by atoms with van der Waals surface area (Å²) in [6, 6.07) is 4.53. The van der Waals surface area contributed by atoms with Crippen LogP contribution in [0.5, 0.6) is 0 Å². The summed E-state index contributed by atoms with van der Waals surface area (Å²) in [4.78, 5) is 35.9. The average Bonchev–Trinajstić information content (AvgIpc) is 3.06. The number of piperidine rings is 1. The highest BCUT2D eigenvalue weighted by atomic mass is 35.5. The number of hydrogen-bond donors (Lipinski definition) is 2. The number of carbonyl (C=O) groups excluding carboxylic acids is 2. The molecule has 3 amide bonds. The summed E-state index contributed by atoms with van der Waals surface area (Å²) in [6.07, 6.45) is -1.14. The molecule has 8 nitrogen and oxygen atoms in total. The molecule has 0 unspecified atom stereocenters. The third-order valence-electron chi connectivity index (χ3n) is 5.08. The number of benzene rings is 1. The number of amides is 3. The van der Waals surface area contributed by atoms with Crippen molar-refractivity contribution >= 4 is 47.0 Å². The lowest BCUT2D eigenvalue weighted by Gasteiger charge is -2.30. The summed E-state index contributed by atoms with van der Waals surface area (Å²) >= 11 is 10.9. The fourth-order valence-corrected chi connectivity index (χ4v) is 3.68. The monoisotopic (exact) mass is 447 g/mol. The number of rotatable bonds is 5. The molecule has 2 heterocycles. The number of likely N-dealkylation sites (tertiary alicyclic amines) is 1. The lowest BCUT2D eigenvalue weighted by Crippen LogP contribution is -2.37. The highest BCUT2D eigenvalue weighted by molar-refractivity contribution is 6.53. The standard InChI is InChI=1S/C18H20Cl2FN3O5/c19-15(20)16(25)22-8-12-9-24(18(28)29-12)11-1-2-13(14(21)7-11)10-3-5-23(6-4-10)17(26)27/h1-2,7,10,12,15H,3-6,8-9H2,(H,22,25)(H,26,27)/t12-/m0/s1. The van der Waals surface area contributed by atoms with Crippen LogP contribution in [0, 0.1) is 5.82 Å². The molecule has 2 aliphatic heterocycles. The topological polar surface area (TPSA) is 99.2 Å². The largest absolute Gasteiger partial charge is 0.465 e. The molecule has 1 atom stereocenters. The maximum absolute atomic E-state index is 14.7. The van der Waals surface area contributed by atoms with E-state index in [4.69, 9.17) is 33.0 Å². The predicted molar refractivity (Wildman–Crippen MR) is 104 cm³/mol. The van der Waals surface area contributed by atoms with Crippen molar-refractivity contribution in [3.8, 4) is 0 Å². The molecule has 2 fully saturated rings. The van der Waals surface area contributed by atoms with E-state index in [1.165, 1.54) is 15.9 Å². The summed E-state index contributed by atoms with van der Waals surface area (Å²) in [5.74, 6) is -1.12. The zero-order valence-corrected chi connectivity index (χ0v) is 16.8. The third-order valence-corrected chi connectivity index (χ3v) is 5.47. The first-order chi connectivity index (χ1) is 13.8. The van der Waals surface area contributed by atoms with Crippen LogP contribution in [0.3, 0.4) is 0 Å². The van der Waals surface area contributed by atoms with E-state index in [1.807, 2.05) is 0 Å². The quantitative estimate of drug-likeness (QED) is 0.675. The minimum Gasteiger partial charge on any atom is -0.465 e. The lowest BCUT2D eigenvalue weighted by atomic mass is 9.89. The van der Waals surface area contributed by atoms with Crippen molar-refractivity contribution in [3.05, 3.63) is 29.6 Å². The van der Waals surface area contributed by atoms with Crippen molar-refractivity contribution in [2.45, 2.75) is 29.7 Å². The van der Waals surface area contributed by atoms with Gasteiger partial charge in [0.25, 0.3) is 5.91 Å². The van der Waals surface area contributed by atoms with Crippen LogP contribution in [-0.4, -0.2) is 65.2 Å². The molecule has 2 N–H and O–H groups in total. The second-order valence-corrected chi connectivity index (χ2v) is 8.01. The first kappa shape index (κ1) is 21.4. The average molecular weight is 448 g/mol. The van der Waals surface area contributed by atoms with Gasteiger partial charge in [0.1, 0.15) is 11.9 Å². The Kier molecular flexibility index (Phi) is 6.69. The smallest absolute Gasteiger partial charge is 0.414 e. The predicted octanol–water partition coefficient (Wildman–Crippen LogP) is 2.93. The van der Waals surface area contributed by atoms with Gasteiger partial charge in [0.15, 0.2) is 4.84 Å². The SMILES string of the molecule is O=C(NC[C@H]1CN(c2ccc(C3CCN(C(=O)O)CC3)c(F)c2)C(=O)O1)C(Cl)Cl. The Morgan fingerprint density at radius 3 is 2.59 bits per heavy atom. The summed E-state index contributed by atoms with van der Waals surface area (Å²) < 4.78 is 19.9. The van der Waals surface area contributed by atoms with Crippen LogP contribution < -0.4 is 10.2 Å². The number of halogens is 3. The van der Waals surface area contributed by atoms with E-state index in [9.17, 15) is 18.8 Å². The van der Waals surface area contributed by atoms with Crippen LogP contribution in [0.4, 0.5) is 19.7 Å². The Balaban J connectivity index is 1.62. The number of cyclic esters (lactones) is 1. The summed E-state index contributed by atoms with van der Waals surface area (Å²) in [7, 11) is 0. The molecule has 11 heteroatoms. The zero-order valence-electron chi connectivity index (χ0n) is 15.3. The van der Waals surface area contributed by atoms with Gasteiger partial charge in [-0.15, -0.1) is 0 Å². The first-order valence-electron chi connectivity index (χ1n) is 9.07. The minimum atomic E-state index is -1.22. The van der Waals surface area contributed by atoms with Gasteiger partial charge in [0.05, 0.1) is 18.8 Å². The first-order valence-corrected chi connectivity index (χ1v) is 9.95. The number of alkyl halides is 2. The highest BCUT2D eigenvalue weighted by Gasteiger charge is 2.33. The number of nitrogens with zero attached hydrogens (tertiary/aromatic N) is 2. The molecule has 0 saturated carbocycles. The normalized spacial score (nSPS) is 20.1. The number of nitrogens with one attached hydrogen (secondary N) is 1. The van der Waals surface area contributed by atoms with Gasteiger partial charge in [-0.3, -0.25) is 9.69 Å². The van der Waals surface area contributed by atoms with E-state index in [-0.39, 0.29) is 19.0 Å². The molecular formula is C18H20Cl2FN3O5. The molecule has 1 aromatic rings. The Morgan fingerprint density at radius 1 is 1.31 bits per heavy atom. The number of hydrogen-bond acceptors (Lipinski definition) is 4. The third kappa shape index (κ3) is 5.02. The Labute approximate surface area is 176 Å². The van der Waals surface area contributed by atoms with E-state index in [0.717, 1.165) is 0 Å². The van der Waals surface area contributed by atoms with Gasteiger partial charge in [-0.2, -0.15) is 0 Å². The van der Waals surface area contributed by atoms with Gasteiger partial charge in [-0.25, -0.2) is 14.0 Å². The summed E-state index contributed by atoms with van der Waals surface area (Å²) in [5.41, 5.74) is 0.853. The Morgan fingerprint density at radius 2 is 2.00 bits per heavy atom. The molecule has 1 aromatic carbocycles. The number of carbonyl (C=O) groups is 3. The van der Waals surface area contributed by atoms with Crippen molar-refractivity contribution < 1.29 is 28.6 Å². The molecule has 3 rings (SSSR count). The Bertz CT molecular complexity index is 802. The van der Waals surface area contributed by atoms with Crippen molar-refractivity contribution in [1.82, 2.24) is 10.2 Å². The molecular weight excluding hydrogens is 428 g/mol. The molecule has 2 saturated heterocycles. The molecule has 2 aliphatic rings. The zero-order chi connectivity index (χ0) is 21.1. The minimum absolute atomic E-state index is 0.0414. The van der Waals surface area contributed by atoms with E-state index >= 15 is 0 Å². The van der Waals surface area contributed by atoms with Crippen LogP contribution in [0.15, 0.2) is 18.2 Å². The molecule has 29 heavy (non-hydrogen) atoms. The molecule has 158 valence electrons. The van der Waals surface area contributed by atoms with Gasteiger partial charge in [0.2, 0.25) is 0 Å². The molecule has 0 spiro atoms. The number of ether oxygens (including phenoxy) is 1. The van der Waals surface area contributed by atoms with E-state index in [2.05, 4.69) is 5.32 Å². The van der Waals surface area contributed by atoms with Crippen LogP contribution in [0.1, 0.15) is 24.3 Å². The number of carboxylic acid groups (broad SMARTS) is 1. The van der Waals surface area contributed by atoms with Crippen LogP contribution in [0.2, 0.25) is 0 Å². The van der Waals surface area contributed by atoms with E-state index in [1.54, 1.807) is 12.1 Å². The highest BCUT2D eigenvalue weighted by Crippen LogP contribution is 2.32. The van der Waals surface area contributed by atoms with Crippen molar-refractivity contribution in [1.29, 1.82) is 0 Å². The maximum atomic E-state index is 14.7. The molecule has 0 bridgehead atoms. The van der Waals surface area contributed by atoms with Gasteiger partial charge in [-0.1, -0.05) is 29.3 Å². The van der Waals surface area contributed by atoms with Crippen molar-refractivity contribution in [3.63, 3.8) is 0 Å². The van der Waals surface area contributed by atoms with Gasteiger partial charge < -0.3 is 20.1 Å². The fourth-order valence-electron chi connectivity index (χ4n) is 3.53. The van der Waals surface area contributed by atoms with Gasteiger partial charge >= 0.3 is 12.2 Å². The van der Waals surface area contributed by atoms with Crippen LogP contribution in [0.25, 0.3) is 0 Å². The lowest BCUT2D eigenvalue weighted by molar-refractivity contribution is -0.119. The van der Waals surface area contributed by atoms with Crippen molar-refractivity contribution in [2.24, 2.45) is 0 Å². The molecule has 0 aromatic heterocycles. The van der Waals surface area contributed by atoms with Crippen LogP contribution >= 0.6 is 23.2 Å². The second-order valence-electron chi connectivity index (χ2n) is 6.91. The van der Waals surface area contributed by atoms with Crippen molar-refractivity contribution in [2.75, 3.05) is 31.1 Å². The van der Waals surface area contributed by atoms with Crippen LogP contribution in [-0.2, 0) is 9.53 Å². The molecule has 0 aliphatic carbocycles. The van der Waals surface area contributed by atoms with E-state index < -0.39 is 34.9 Å². The number of anilines is 1. The summed E-state index contributed by atoms with van der Waals surface area (Å²) in [5, 5.41) is 11.5. The summed E-state index contributed by atoms with van der Waals surface area (Å²) in [6.45, 7) is 0.904. The fraction of sp³-hybridized carbons (Fsp3) is 0.500.